The Morgan fingerprint density at radius 2 is 1.50 bits per heavy atom. The zero-order valence-corrected chi connectivity index (χ0v) is 12.4. The molecule has 0 fully saturated rings. The lowest BCUT2D eigenvalue weighted by atomic mass is 9.79. The van der Waals surface area contributed by atoms with Crippen LogP contribution in [0.4, 0.5) is 0 Å². The molecule has 2 unspecified atom stereocenters. The lowest BCUT2D eigenvalue weighted by Gasteiger charge is -2.29. The lowest BCUT2D eigenvalue weighted by Crippen LogP contribution is -2.23. The van der Waals surface area contributed by atoms with Gasteiger partial charge in [0.25, 0.3) is 0 Å². The Morgan fingerprint density at radius 1 is 1.00 bits per heavy atom. The van der Waals surface area contributed by atoms with Gasteiger partial charge in [-0.25, -0.2) is 0 Å². The van der Waals surface area contributed by atoms with E-state index in [4.69, 9.17) is 0 Å². The average Bonchev–Trinajstić information content (AvgIpc) is 1.98. The van der Waals surface area contributed by atoms with Crippen molar-refractivity contribution in [1.82, 2.24) is 0 Å². The molecule has 0 bridgehead atoms. The molecule has 0 saturated carbocycles. The molecule has 0 aliphatic heterocycles. The maximum atomic E-state index is 10.1. The van der Waals surface area contributed by atoms with Crippen LogP contribution in [0.3, 0.4) is 0 Å². The Morgan fingerprint density at radius 3 is 1.88 bits per heavy atom. The van der Waals surface area contributed by atoms with E-state index >= 15 is 0 Å². The summed E-state index contributed by atoms with van der Waals surface area (Å²) in [6, 6.07) is 0. The van der Waals surface area contributed by atoms with E-state index in [1.807, 2.05) is 0 Å². The molecule has 0 rings (SSSR count). The monoisotopic (exact) mass is 228 g/mol. The fourth-order valence-corrected chi connectivity index (χ4v) is 2.46. The summed E-state index contributed by atoms with van der Waals surface area (Å²) in [6.07, 6.45) is 4.07. The zero-order chi connectivity index (χ0) is 13.0. The Hall–Kier alpha value is -0.0400. The van der Waals surface area contributed by atoms with Crippen molar-refractivity contribution in [2.75, 3.05) is 0 Å². The minimum Gasteiger partial charge on any atom is -0.393 e. The van der Waals surface area contributed by atoms with Crippen LogP contribution >= 0.6 is 0 Å². The maximum Gasteiger partial charge on any atom is 0.0547 e. The predicted molar refractivity (Wildman–Crippen MR) is 72.5 cm³/mol. The Labute approximate surface area is 103 Å². The van der Waals surface area contributed by atoms with Gasteiger partial charge in [-0.1, -0.05) is 54.9 Å². The quantitative estimate of drug-likeness (QED) is 0.702. The third-order valence-corrected chi connectivity index (χ3v) is 3.38. The number of hydrogen-bond acceptors (Lipinski definition) is 1. The summed E-state index contributed by atoms with van der Waals surface area (Å²) in [7, 11) is 0. The highest BCUT2D eigenvalue weighted by molar-refractivity contribution is 4.75. The molecule has 2 atom stereocenters. The van der Waals surface area contributed by atoms with E-state index in [2.05, 4.69) is 48.5 Å². The summed E-state index contributed by atoms with van der Waals surface area (Å²) in [4.78, 5) is 0. The van der Waals surface area contributed by atoms with Gasteiger partial charge in [0.1, 0.15) is 0 Å². The van der Waals surface area contributed by atoms with Gasteiger partial charge in [-0.05, 0) is 36.0 Å². The van der Waals surface area contributed by atoms with Gasteiger partial charge in [0.2, 0.25) is 0 Å². The summed E-state index contributed by atoms with van der Waals surface area (Å²) < 4.78 is 0. The van der Waals surface area contributed by atoms with Gasteiger partial charge in [0.05, 0.1) is 6.10 Å². The summed E-state index contributed by atoms with van der Waals surface area (Å²) in [5.74, 6) is 0.614. The van der Waals surface area contributed by atoms with Crippen LogP contribution in [0.25, 0.3) is 0 Å². The largest absolute Gasteiger partial charge is 0.393 e. The van der Waals surface area contributed by atoms with E-state index < -0.39 is 0 Å². The number of rotatable bonds is 6. The fourth-order valence-electron chi connectivity index (χ4n) is 2.46. The van der Waals surface area contributed by atoms with Crippen LogP contribution in [-0.4, -0.2) is 11.2 Å². The second kappa shape index (κ2) is 6.05. The molecule has 0 aromatic heterocycles. The molecule has 0 amide bonds. The highest BCUT2D eigenvalue weighted by atomic mass is 16.3. The maximum absolute atomic E-state index is 10.1. The van der Waals surface area contributed by atoms with Gasteiger partial charge in [0.15, 0.2) is 0 Å². The molecule has 0 radical (unpaired) electrons. The standard InChI is InChI=1S/C15H32O/c1-8-15(6,7)11-13(16)9-12(2)10-14(3,4)5/h12-13,16H,8-11H2,1-7H3. The zero-order valence-electron chi connectivity index (χ0n) is 12.4. The molecular formula is C15H32O. The Kier molecular flexibility index (Phi) is 6.03. The Balaban J connectivity index is 4.01. The van der Waals surface area contributed by atoms with Crippen LogP contribution in [0.5, 0.6) is 0 Å². The van der Waals surface area contributed by atoms with Crippen molar-refractivity contribution in [2.24, 2.45) is 16.7 Å². The molecule has 0 aliphatic carbocycles. The molecule has 1 heteroatoms. The van der Waals surface area contributed by atoms with Gasteiger partial charge >= 0.3 is 0 Å². The molecule has 1 N–H and O–H groups in total. The minimum atomic E-state index is -0.132. The van der Waals surface area contributed by atoms with Crippen molar-refractivity contribution in [3.05, 3.63) is 0 Å². The summed E-state index contributed by atoms with van der Waals surface area (Å²) >= 11 is 0. The van der Waals surface area contributed by atoms with E-state index in [0.717, 1.165) is 19.3 Å². The van der Waals surface area contributed by atoms with Gasteiger partial charge in [0, 0.05) is 0 Å². The first-order chi connectivity index (χ1) is 7.06. The van der Waals surface area contributed by atoms with E-state index in [0.29, 0.717) is 11.3 Å². The van der Waals surface area contributed by atoms with Crippen molar-refractivity contribution in [3.8, 4) is 0 Å². The topological polar surface area (TPSA) is 20.2 Å². The van der Waals surface area contributed by atoms with Crippen LogP contribution < -0.4 is 0 Å². The molecule has 1 nitrogen and oxygen atoms in total. The van der Waals surface area contributed by atoms with Crippen LogP contribution in [-0.2, 0) is 0 Å². The number of aliphatic hydroxyl groups excluding tert-OH is 1. The molecular weight excluding hydrogens is 196 g/mol. The molecule has 0 heterocycles. The predicted octanol–water partition coefficient (Wildman–Crippen LogP) is 4.64. The highest BCUT2D eigenvalue weighted by Gasteiger charge is 2.23. The van der Waals surface area contributed by atoms with Crippen LogP contribution in [0, 0.1) is 16.7 Å². The third kappa shape index (κ3) is 8.15. The van der Waals surface area contributed by atoms with Crippen LogP contribution in [0.15, 0.2) is 0 Å². The number of aliphatic hydroxyl groups is 1. The summed E-state index contributed by atoms with van der Waals surface area (Å²) in [5.41, 5.74) is 0.653. The second-order valence-corrected chi connectivity index (χ2v) is 7.48. The average molecular weight is 228 g/mol. The van der Waals surface area contributed by atoms with Gasteiger partial charge in [-0.3, -0.25) is 0 Å². The molecule has 16 heavy (non-hydrogen) atoms. The van der Waals surface area contributed by atoms with Crippen molar-refractivity contribution in [1.29, 1.82) is 0 Å². The van der Waals surface area contributed by atoms with Crippen LogP contribution in [0.1, 0.15) is 74.1 Å². The third-order valence-electron chi connectivity index (χ3n) is 3.38. The van der Waals surface area contributed by atoms with E-state index in [1.165, 1.54) is 6.42 Å². The molecule has 98 valence electrons. The molecule has 0 saturated heterocycles. The normalized spacial score (nSPS) is 17.2. The fraction of sp³-hybridized carbons (Fsp3) is 1.00. The molecule has 0 aromatic rings. The molecule has 0 aliphatic rings. The molecule has 0 aromatic carbocycles. The second-order valence-electron chi connectivity index (χ2n) is 7.48. The van der Waals surface area contributed by atoms with Gasteiger partial charge < -0.3 is 5.11 Å². The first-order valence-electron chi connectivity index (χ1n) is 6.74. The Bertz CT molecular complexity index is 188. The van der Waals surface area contributed by atoms with Crippen molar-refractivity contribution < 1.29 is 5.11 Å². The van der Waals surface area contributed by atoms with Crippen molar-refractivity contribution in [2.45, 2.75) is 80.3 Å². The smallest absolute Gasteiger partial charge is 0.0547 e. The number of hydrogen-bond donors (Lipinski definition) is 1. The van der Waals surface area contributed by atoms with Crippen molar-refractivity contribution >= 4 is 0 Å². The lowest BCUT2D eigenvalue weighted by molar-refractivity contribution is 0.0836. The molecule has 0 spiro atoms. The van der Waals surface area contributed by atoms with Gasteiger partial charge in [-0.2, -0.15) is 0 Å². The first-order valence-corrected chi connectivity index (χ1v) is 6.74. The van der Waals surface area contributed by atoms with Crippen LogP contribution in [0.2, 0.25) is 0 Å². The van der Waals surface area contributed by atoms with E-state index in [1.54, 1.807) is 0 Å². The van der Waals surface area contributed by atoms with E-state index in [-0.39, 0.29) is 11.5 Å². The van der Waals surface area contributed by atoms with Gasteiger partial charge in [-0.15, -0.1) is 0 Å². The minimum absolute atomic E-state index is 0.132. The summed E-state index contributed by atoms with van der Waals surface area (Å²) in [6.45, 7) is 15.7. The summed E-state index contributed by atoms with van der Waals surface area (Å²) in [5, 5.41) is 10.1. The van der Waals surface area contributed by atoms with E-state index in [9.17, 15) is 5.11 Å². The SMILES string of the molecule is CCC(C)(C)CC(O)CC(C)CC(C)(C)C. The first kappa shape index (κ1) is 16.0. The van der Waals surface area contributed by atoms with Crippen molar-refractivity contribution in [3.63, 3.8) is 0 Å². The highest BCUT2D eigenvalue weighted by Crippen LogP contribution is 2.31.